The van der Waals surface area contributed by atoms with E-state index in [2.05, 4.69) is 0 Å². The third kappa shape index (κ3) is 2.48. The minimum absolute atomic E-state index is 0.0164. The van der Waals surface area contributed by atoms with Crippen LogP contribution in [-0.2, 0) is 6.61 Å². The predicted molar refractivity (Wildman–Crippen MR) is 63.5 cm³/mol. The van der Waals surface area contributed by atoms with Gasteiger partial charge in [-0.15, -0.1) is 0 Å². The molecule has 4 heteroatoms. The summed E-state index contributed by atoms with van der Waals surface area (Å²) < 4.78 is 0. The first-order valence-electron chi connectivity index (χ1n) is 5.88. The fraction of sp³-hybridized carbons (Fsp3) is 0.462. The molecule has 0 aliphatic carbocycles. The number of benzene rings is 1. The Bertz CT molecular complexity index is 388. The highest BCUT2D eigenvalue weighted by Crippen LogP contribution is 2.19. The van der Waals surface area contributed by atoms with E-state index in [9.17, 15) is 9.90 Å². The second-order valence-corrected chi connectivity index (χ2v) is 4.33. The fourth-order valence-electron chi connectivity index (χ4n) is 2.21. The summed E-state index contributed by atoms with van der Waals surface area (Å²) in [5.41, 5.74) is 1.41. The van der Waals surface area contributed by atoms with Crippen molar-refractivity contribution in [1.82, 2.24) is 4.90 Å². The zero-order valence-corrected chi connectivity index (χ0v) is 9.67. The number of carbonyl (C=O) groups is 1. The average molecular weight is 235 g/mol. The lowest BCUT2D eigenvalue weighted by Gasteiger charge is -2.23. The summed E-state index contributed by atoms with van der Waals surface area (Å²) in [7, 11) is 0. The van der Waals surface area contributed by atoms with Gasteiger partial charge in [-0.1, -0.05) is 12.1 Å². The molecule has 0 spiro atoms. The molecule has 1 atom stereocenters. The van der Waals surface area contributed by atoms with Crippen LogP contribution in [0, 0.1) is 0 Å². The molecule has 4 nitrogen and oxygen atoms in total. The van der Waals surface area contributed by atoms with Gasteiger partial charge in [0.25, 0.3) is 5.91 Å². The molecule has 1 aromatic carbocycles. The van der Waals surface area contributed by atoms with Crippen molar-refractivity contribution < 1.29 is 15.0 Å². The topological polar surface area (TPSA) is 60.8 Å². The Morgan fingerprint density at radius 1 is 1.29 bits per heavy atom. The van der Waals surface area contributed by atoms with Crippen LogP contribution in [0.25, 0.3) is 0 Å². The summed E-state index contributed by atoms with van der Waals surface area (Å²) in [5.74, 6) is -0.0361. The van der Waals surface area contributed by atoms with Gasteiger partial charge in [-0.2, -0.15) is 0 Å². The van der Waals surface area contributed by atoms with E-state index in [-0.39, 0.29) is 25.2 Å². The Hall–Kier alpha value is -1.39. The number of likely N-dealkylation sites (tertiary alicyclic amines) is 1. The molecule has 1 aliphatic heterocycles. The van der Waals surface area contributed by atoms with Gasteiger partial charge < -0.3 is 15.1 Å². The van der Waals surface area contributed by atoms with Gasteiger partial charge in [-0.25, -0.2) is 0 Å². The molecule has 1 amide bonds. The van der Waals surface area contributed by atoms with E-state index in [0.717, 1.165) is 18.4 Å². The maximum absolute atomic E-state index is 12.2. The third-order valence-electron chi connectivity index (χ3n) is 3.23. The van der Waals surface area contributed by atoms with Gasteiger partial charge in [0, 0.05) is 12.1 Å². The van der Waals surface area contributed by atoms with Gasteiger partial charge in [0.05, 0.1) is 19.3 Å². The van der Waals surface area contributed by atoms with Gasteiger partial charge >= 0.3 is 0 Å². The molecule has 0 bridgehead atoms. The number of carbonyl (C=O) groups excluding carboxylic acids is 1. The Kier molecular flexibility index (Phi) is 3.76. The van der Waals surface area contributed by atoms with Crippen LogP contribution in [0.3, 0.4) is 0 Å². The summed E-state index contributed by atoms with van der Waals surface area (Å²) in [6.45, 7) is 0.726. The van der Waals surface area contributed by atoms with Crippen LogP contribution in [0.4, 0.5) is 0 Å². The zero-order valence-electron chi connectivity index (χ0n) is 9.67. The standard InChI is InChI=1S/C13H17NO3/c15-8-10-3-5-11(6-4-10)13(17)14-7-1-2-12(14)9-16/h3-6,12,15-16H,1-2,7-9H2/t12-/m1/s1. The monoisotopic (exact) mass is 235 g/mol. The summed E-state index contributed by atoms with van der Waals surface area (Å²) in [6, 6.07) is 6.90. The molecule has 0 saturated carbocycles. The predicted octanol–water partition coefficient (Wildman–Crippen LogP) is 0.776. The lowest BCUT2D eigenvalue weighted by atomic mass is 10.1. The maximum atomic E-state index is 12.2. The Morgan fingerprint density at radius 2 is 2.00 bits per heavy atom. The number of rotatable bonds is 3. The van der Waals surface area contributed by atoms with Crippen molar-refractivity contribution in [3.05, 3.63) is 35.4 Å². The normalized spacial score (nSPS) is 19.6. The summed E-state index contributed by atoms with van der Waals surface area (Å²) >= 11 is 0. The van der Waals surface area contributed by atoms with Crippen LogP contribution >= 0.6 is 0 Å². The molecule has 1 aliphatic rings. The van der Waals surface area contributed by atoms with E-state index in [1.807, 2.05) is 0 Å². The molecule has 2 N–H and O–H groups in total. The largest absolute Gasteiger partial charge is 0.394 e. The summed E-state index contributed by atoms with van der Waals surface area (Å²) in [4.78, 5) is 13.9. The van der Waals surface area contributed by atoms with Gasteiger partial charge in [0.15, 0.2) is 0 Å². The van der Waals surface area contributed by atoms with E-state index in [1.165, 1.54) is 0 Å². The van der Waals surface area contributed by atoms with Crippen LogP contribution in [0.1, 0.15) is 28.8 Å². The molecular weight excluding hydrogens is 218 g/mol. The third-order valence-corrected chi connectivity index (χ3v) is 3.23. The van der Waals surface area contributed by atoms with Crippen molar-refractivity contribution in [2.75, 3.05) is 13.2 Å². The smallest absolute Gasteiger partial charge is 0.254 e. The first-order chi connectivity index (χ1) is 8.26. The fourth-order valence-corrected chi connectivity index (χ4v) is 2.21. The van der Waals surface area contributed by atoms with E-state index < -0.39 is 0 Å². The number of nitrogens with zero attached hydrogens (tertiary/aromatic N) is 1. The number of hydrogen-bond donors (Lipinski definition) is 2. The van der Waals surface area contributed by atoms with E-state index in [0.29, 0.717) is 12.1 Å². The molecule has 0 aromatic heterocycles. The van der Waals surface area contributed by atoms with Crippen LogP contribution < -0.4 is 0 Å². The summed E-state index contributed by atoms with van der Waals surface area (Å²) in [5, 5.41) is 18.1. The molecule has 92 valence electrons. The SMILES string of the molecule is O=C(c1ccc(CO)cc1)N1CCC[C@@H]1CO. The Balaban J connectivity index is 2.13. The van der Waals surface area contributed by atoms with Crippen LogP contribution in [-0.4, -0.2) is 40.2 Å². The molecule has 17 heavy (non-hydrogen) atoms. The van der Waals surface area contributed by atoms with Crippen molar-refractivity contribution in [3.63, 3.8) is 0 Å². The lowest BCUT2D eigenvalue weighted by molar-refractivity contribution is 0.0677. The lowest BCUT2D eigenvalue weighted by Crippen LogP contribution is -2.37. The molecule has 0 radical (unpaired) electrons. The minimum Gasteiger partial charge on any atom is -0.394 e. The number of amides is 1. The highest BCUT2D eigenvalue weighted by molar-refractivity contribution is 5.94. The number of hydrogen-bond acceptors (Lipinski definition) is 3. The number of aliphatic hydroxyl groups is 2. The van der Waals surface area contributed by atoms with Gasteiger partial charge in [0.2, 0.25) is 0 Å². The molecule has 1 heterocycles. The maximum Gasteiger partial charge on any atom is 0.254 e. The van der Waals surface area contributed by atoms with Crippen LogP contribution in [0.5, 0.6) is 0 Å². The van der Waals surface area contributed by atoms with Crippen LogP contribution in [0.15, 0.2) is 24.3 Å². The minimum atomic E-state index is -0.0416. The zero-order chi connectivity index (χ0) is 12.3. The quantitative estimate of drug-likeness (QED) is 0.813. The first kappa shape index (κ1) is 12.1. The van der Waals surface area contributed by atoms with Gasteiger partial charge in [-0.3, -0.25) is 4.79 Å². The summed E-state index contributed by atoms with van der Waals surface area (Å²) in [6.07, 6.45) is 1.82. The Morgan fingerprint density at radius 3 is 2.59 bits per heavy atom. The molecule has 2 rings (SSSR count). The first-order valence-corrected chi connectivity index (χ1v) is 5.88. The van der Waals surface area contributed by atoms with E-state index >= 15 is 0 Å². The highest BCUT2D eigenvalue weighted by Gasteiger charge is 2.28. The second kappa shape index (κ2) is 5.29. The van der Waals surface area contributed by atoms with Crippen molar-refractivity contribution in [3.8, 4) is 0 Å². The van der Waals surface area contributed by atoms with Crippen LogP contribution in [0.2, 0.25) is 0 Å². The molecular formula is C13H17NO3. The Labute approximate surface area is 100 Å². The molecule has 1 fully saturated rings. The van der Waals surface area contributed by atoms with Crippen molar-refractivity contribution in [2.45, 2.75) is 25.5 Å². The highest BCUT2D eigenvalue weighted by atomic mass is 16.3. The van der Waals surface area contributed by atoms with Crippen molar-refractivity contribution in [1.29, 1.82) is 0 Å². The number of aliphatic hydroxyl groups excluding tert-OH is 2. The van der Waals surface area contributed by atoms with Crippen molar-refractivity contribution >= 4 is 5.91 Å². The molecule has 1 aromatic rings. The van der Waals surface area contributed by atoms with E-state index in [1.54, 1.807) is 29.2 Å². The average Bonchev–Trinajstić information content (AvgIpc) is 2.86. The van der Waals surface area contributed by atoms with Gasteiger partial charge in [0.1, 0.15) is 0 Å². The molecule has 1 saturated heterocycles. The molecule has 0 unspecified atom stereocenters. The van der Waals surface area contributed by atoms with Crippen molar-refractivity contribution in [2.24, 2.45) is 0 Å². The second-order valence-electron chi connectivity index (χ2n) is 4.33. The van der Waals surface area contributed by atoms with Gasteiger partial charge in [-0.05, 0) is 30.5 Å². The van der Waals surface area contributed by atoms with E-state index in [4.69, 9.17) is 5.11 Å².